The van der Waals surface area contributed by atoms with Crippen molar-refractivity contribution in [2.45, 2.75) is 45.3 Å². The summed E-state index contributed by atoms with van der Waals surface area (Å²) in [7, 11) is 0. The van der Waals surface area contributed by atoms with Crippen LogP contribution in [0.25, 0.3) is 21.8 Å². The van der Waals surface area contributed by atoms with Gasteiger partial charge in [0.1, 0.15) is 10.8 Å². The minimum absolute atomic E-state index is 0.0736. The normalized spacial score (nSPS) is 14.7. The Bertz CT molecular complexity index is 1230. The van der Waals surface area contributed by atoms with Gasteiger partial charge in [-0.25, -0.2) is 9.78 Å². The average Bonchev–Trinajstić information content (AvgIpc) is 3.31. The topological polar surface area (TPSA) is 63.7 Å². The van der Waals surface area contributed by atoms with Gasteiger partial charge in [-0.15, -0.1) is 0 Å². The first-order chi connectivity index (χ1) is 16.6. The molecule has 1 saturated heterocycles. The summed E-state index contributed by atoms with van der Waals surface area (Å²) in [5.41, 5.74) is 1.40. The van der Waals surface area contributed by atoms with Crippen molar-refractivity contribution in [3.8, 4) is 11.5 Å². The number of aromatic nitrogens is 1. The van der Waals surface area contributed by atoms with Crippen molar-refractivity contribution in [3.05, 3.63) is 35.4 Å². The maximum absolute atomic E-state index is 13.1. The van der Waals surface area contributed by atoms with Crippen molar-refractivity contribution in [3.63, 3.8) is 0 Å². The van der Waals surface area contributed by atoms with E-state index in [1.54, 1.807) is 24.3 Å². The number of para-hydroxylation sites is 1. The largest absolute Gasteiger partial charge is 0.492 e. The number of alkyl halides is 3. The van der Waals surface area contributed by atoms with E-state index in [9.17, 15) is 18.0 Å². The SMILES string of the molecule is CC(C)Nc1c2ccccc2nc2cc(OCCCN3CCCC3)c(Cl)c(OC(=O)C(F)(F)F)c12. The number of hydrogen-bond donors (Lipinski definition) is 1. The van der Waals surface area contributed by atoms with E-state index in [0.29, 0.717) is 28.7 Å². The van der Waals surface area contributed by atoms with Gasteiger partial charge in [-0.3, -0.25) is 0 Å². The molecule has 1 N–H and O–H groups in total. The highest BCUT2D eigenvalue weighted by Gasteiger charge is 2.42. The van der Waals surface area contributed by atoms with Crippen LogP contribution >= 0.6 is 11.6 Å². The lowest BCUT2D eigenvalue weighted by Crippen LogP contribution is -2.28. The molecular weight excluding hydrogens is 483 g/mol. The van der Waals surface area contributed by atoms with E-state index >= 15 is 0 Å². The van der Waals surface area contributed by atoms with E-state index in [0.717, 1.165) is 26.1 Å². The molecule has 0 aliphatic carbocycles. The fraction of sp³-hybridized carbons (Fsp3) is 0.440. The molecule has 1 aliphatic heterocycles. The molecular formula is C25H27ClF3N3O3. The number of carbonyl (C=O) groups is 1. The van der Waals surface area contributed by atoms with Crippen molar-refractivity contribution in [2.24, 2.45) is 0 Å². The summed E-state index contributed by atoms with van der Waals surface area (Å²) in [5, 5.41) is 3.89. The molecule has 35 heavy (non-hydrogen) atoms. The molecule has 2 aromatic carbocycles. The van der Waals surface area contributed by atoms with Crippen molar-refractivity contribution >= 4 is 45.1 Å². The Morgan fingerprint density at radius 2 is 1.91 bits per heavy atom. The van der Waals surface area contributed by atoms with Gasteiger partial charge in [0.15, 0.2) is 5.75 Å². The number of rotatable bonds is 8. The summed E-state index contributed by atoms with van der Waals surface area (Å²) in [6.07, 6.45) is -2.12. The van der Waals surface area contributed by atoms with Crippen LogP contribution in [0.15, 0.2) is 30.3 Å². The quantitative estimate of drug-likeness (QED) is 0.169. The number of fused-ring (bicyclic) bond motifs is 2. The molecule has 0 amide bonds. The number of esters is 1. The zero-order valence-corrected chi connectivity index (χ0v) is 20.3. The van der Waals surface area contributed by atoms with Gasteiger partial charge in [0, 0.05) is 24.0 Å². The van der Waals surface area contributed by atoms with Crippen LogP contribution in [-0.2, 0) is 4.79 Å². The molecule has 4 rings (SSSR count). The first-order valence-corrected chi connectivity index (χ1v) is 12.0. The molecule has 10 heteroatoms. The Morgan fingerprint density at radius 1 is 1.20 bits per heavy atom. The first-order valence-electron chi connectivity index (χ1n) is 11.6. The fourth-order valence-corrected chi connectivity index (χ4v) is 4.48. The van der Waals surface area contributed by atoms with E-state index < -0.39 is 17.9 Å². The highest BCUT2D eigenvalue weighted by Crippen LogP contribution is 2.46. The summed E-state index contributed by atoms with van der Waals surface area (Å²) < 4.78 is 50.1. The van der Waals surface area contributed by atoms with E-state index in [-0.39, 0.29) is 22.2 Å². The number of anilines is 1. The lowest BCUT2D eigenvalue weighted by molar-refractivity contribution is -0.189. The molecule has 1 fully saturated rings. The molecule has 0 atom stereocenters. The van der Waals surface area contributed by atoms with E-state index in [4.69, 9.17) is 21.1 Å². The van der Waals surface area contributed by atoms with Gasteiger partial charge >= 0.3 is 12.1 Å². The van der Waals surface area contributed by atoms with Gasteiger partial charge in [0.05, 0.1) is 28.7 Å². The standard InChI is InChI=1S/C25H27ClF3N3O3/c1-15(2)30-22-16-8-3-4-9-17(16)31-18-14-19(34-13-7-12-32-10-5-6-11-32)21(26)23(20(18)22)35-24(33)25(27,28)29/h3-4,8-9,14-15H,5-7,10-13H2,1-2H3,(H,30,31). The molecule has 188 valence electrons. The van der Waals surface area contributed by atoms with Crippen LogP contribution in [0.5, 0.6) is 11.5 Å². The highest BCUT2D eigenvalue weighted by atomic mass is 35.5. The number of hydrogen-bond acceptors (Lipinski definition) is 6. The van der Waals surface area contributed by atoms with Crippen LogP contribution in [0.2, 0.25) is 5.02 Å². The Labute approximate surface area is 206 Å². The minimum atomic E-state index is -5.20. The van der Waals surface area contributed by atoms with Crippen molar-refractivity contribution in [1.29, 1.82) is 0 Å². The Kier molecular flexibility index (Phi) is 7.56. The van der Waals surface area contributed by atoms with Crippen LogP contribution in [0.4, 0.5) is 18.9 Å². The number of halogens is 4. The third kappa shape index (κ3) is 5.73. The second-order valence-electron chi connectivity index (χ2n) is 8.85. The summed E-state index contributed by atoms with van der Waals surface area (Å²) in [6, 6.07) is 8.70. The Morgan fingerprint density at radius 3 is 2.60 bits per heavy atom. The van der Waals surface area contributed by atoms with Crippen LogP contribution in [0.3, 0.4) is 0 Å². The molecule has 1 aromatic heterocycles. The second-order valence-corrected chi connectivity index (χ2v) is 9.23. The molecule has 2 heterocycles. The molecule has 6 nitrogen and oxygen atoms in total. The predicted octanol–water partition coefficient (Wildman–Crippen LogP) is 6.19. The first kappa shape index (κ1) is 25.3. The molecule has 0 radical (unpaired) electrons. The molecule has 0 bridgehead atoms. The van der Waals surface area contributed by atoms with Gasteiger partial charge in [0.2, 0.25) is 0 Å². The lowest BCUT2D eigenvalue weighted by atomic mass is 10.1. The monoisotopic (exact) mass is 509 g/mol. The number of pyridine rings is 1. The Balaban J connectivity index is 1.80. The fourth-order valence-electron chi connectivity index (χ4n) is 4.24. The van der Waals surface area contributed by atoms with E-state index in [2.05, 4.69) is 15.2 Å². The maximum Gasteiger partial charge on any atom is 0.491 e. The van der Waals surface area contributed by atoms with Crippen LogP contribution in [0, 0.1) is 0 Å². The number of likely N-dealkylation sites (tertiary alicyclic amines) is 1. The minimum Gasteiger partial charge on any atom is -0.492 e. The van der Waals surface area contributed by atoms with Gasteiger partial charge < -0.3 is 19.7 Å². The molecule has 0 spiro atoms. The van der Waals surface area contributed by atoms with E-state index in [1.165, 1.54) is 12.8 Å². The van der Waals surface area contributed by atoms with Gasteiger partial charge in [-0.1, -0.05) is 29.8 Å². The lowest BCUT2D eigenvalue weighted by Gasteiger charge is -2.20. The molecule has 0 saturated carbocycles. The van der Waals surface area contributed by atoms with Crippen LogP contribution < -0.4 is 14.8 Å². The van der Waals surface area contributed by atoms with Gasteiger partial charge in [-0.05, 0) is 52.3 Å². The van der Waals surface area contributed by atoms with Crippen LogP contribution in [0.1, 0.15) is 33.1 Å². The Hall–Kier alpha value is -2.78. The van der Waals surface area contributed by atoms with E-state index in [1.807, 2.05) is 19.9 Å². The summed E-state index contributed by atoms with van der Waals surface area (Å²) in [4.78, 5) is 18.8. The van der Waals surface area contributed by atoms with Crippen molar-refractivity contribution in [2.75, 3.05) is 31.6 Å². The zero-order valence-electron chi connectivity index (χ0n) is 19.5. The zero-order chi connectivity index (χ0) is 25.2. The maximum atomic E-state index is 13.1. The highest BCUT2D eigenvalue weighted by molar-refractivity contribution is 6.35. The summed E-state index contributed by atoms with van der Waals surface area (Å²) >= 11 is 6.51. The average molecular weight is 510 g/mol. The van der Waals surface area contributed by atoms with Crippen molar-refractivity contribution in [1.82, 2.24) is 9.88 Å². The van der Waals surface area contributed by atoms with Crippen molar-refractivity contribution < 1.29 is 27.4 Å². The smallest absolute Gasteiger partial charge is 0.491 e. The number of benzene rings is 2. The van der Waals surface area contributed by atoms with Gasteiger partial charge in [-0.2, -0.15) is 13.2 Å². The predicted molar refractivity (Wildman–Crippen MR) is 130 cm³/mol. The number of ether oxygens (including phenoxy) is 2. The number of nitrogens with zero attached hydrogens (tertiary/aromatic N) is 2. The molecule has 3 aromatic rings. The third-order valence-corrected chi connectivity index (χ3v) is 6.12. The van der Waals surface area contributed by atoms with Gasteiger partial charge in [0.25, 0.3) is 0 Å². The number of carbonyl (C=O) groups excluding carboxylic acids is 1. The molecule has 0 unspecified atom stereocenters. The molecule has 1 aliphatic rings. The van der Waals surface area contributed by atoms with Crippen LogP contribution in [-0.4, -0.2) is 54.3 Å². The second kappa shape index (κ2) is 10.5. The number of nitrogens with one attached hydrogen (secondary N) is 1. The summed E-state index contributed by atoms with van der Waals surface area (Å²) in [5.74, 6) is -2.68. The third-order valence-electron chi connectivity index (χ3n) is 5.77. The summed E-state index contributed by atoms with van der Waals surface area (Å²) in [6.45, 7) is 7.04.